The van der Waals surface area contributed by atoms with Crippen LogP contribution in [0, 0.1) is 11.8 Å². The number of fused-ring (bicyclic) bond motifs is 1. The van der Waals surface area contributed by atoms with Crippen LogP contribution in [0.1, 0.15) is 43.6 Å². The molecule has 10 nitrogen and oxygen atoms in total. The smallest absolute Gasteiger partial charge is 0.414 e. The lowest BCUT2D eigenvalue weighted by Gasteiger charge is -2.24. The molecule has 1 aliphatic rings. The number of carbonyl (C=O) groups is 2. The van der Waals surface area contributed by atoms with E-state index in [2.05, 4.69) is 40.5 Å². The summed E-state index contributed by atoms with van der Waals surface area (Å²) in [6, 6.07) is 0. The van der Waals surface area contributed by atoms with Crippen molar-refractivity contribution in [3.63, 3.8) is 0 Å². The fourth-order valence-corrected chi connectivity index (χ4v) is 3.03. The van der Waals surface area contributed by atoms with Crippen LogP contribution in [0.4, 0.5) is 4.79 Å². The van der Waals surface area contributed by atoms with Crippen molar-refractivity contribution in [2.24, 2.45) is 18.9 Å². The number of aromatic nitrogens is 5. The van der Waals surface area contributed by atoms with E-state index in [4.69, 9.17) is 4.74 Å². The van der Waals surface area contributed by atoms with Crippen molar-refractivity contribution in [1.29, 1.82) is 0 Å². The van der Waals surface area contributed by atoms with Crippen molar-refractivity contribution in [3.05, 3.63) is 34.2 Å². The van der Waals surface area contributed by atoms with E-state index >= 15 is 0 Å². The van der Waals surface area contributed by atoms with Gasteiger partial charge in [0.2, 0.25) is 0 Å². The van der Waals surface area contributed by atoms with Crippen LogP contribution in [0.3, 0.4) is 0 Å². The molecular formula is C17H22N6O4. The van der Waals surface area contributed by atoms with Crippen molar-refractivity contribution in [2.75, 3.05) is 6.61 Å². The number of alkyl carbamates (subject to hydrolysis) is 1. The molecule has 2 amide bonds. The van der Waals surface area contributed by atoms with Crippen LogP contribution in [-0.2, 0) is 11.8 Å². The first-order valence-corrected chi connectivity index (χ1v) is 8.80. The summed E-state index contributed by atoms with van der Waals surface area (Å²) < 4.78 is 7.21. The zero-order valence-corrected chi connectivity index (χ0v) is 15.5. The van der Waals surface area contributed by atoms with Gasteiger partial charge >= 0.3 is 11.8 Å². The highest BCUT2D eigenvalue weighted by Crippen LogP contribution is 2.29. The molecule has 2 aromatic heterocycles. The number of nitrogens with zero attached hydrogens (tertiary/aromatic N) is 5. The highest BCUT2D eigenvalue weighted by Gasteiger charge is 2.21. The van der Waals surface area contributed by atoms with Crippen LogP contribution in [0.2, 0.25) is 0 Å². The Morgan fingerprint density at radius 3 is 2.85 bits per heavy atom. The van der Waals surface area contributed by atoms with E-state index in [1.807, 2.05) is 0 Å². The van der Waals surface area contributed by atoms with Crippen LogP contribution in [0.25, 0.3) is 5.65 Å². The topological polar surface area (TPSA) is 120 Å². The van der Waals surface area contributed by atoms with Crippen LogP contribution in [0.15, 0.2) is 22.8 Å². The summed E-state index contributed by atoms with van der Waals surface area (Å²) in [5.74, 6) is 0.490. The van der Waals surface area contributed by atoms with E-state index in [1.54, 1.807) is 0 Å². The minimum absolute atomic E-state index is 0.0295. The molecule has 1 unspecified atom stereocenters. The summed E-state index contributed by atoms with van der Waals surface area (Å²) in [7, 11) is 1.43. The van der Waals surface area contributed by atoms with Crippen molar-refractivity contribution in [3.8, 4) is 0 Å². The number of allylic oxidation sites excluding steroid dienone is 1. The highest BCUT2D eigenvalue weighted by atomic mass is 16.5. The summed E-state index contributed by atoms with van der Waals surface area (Å²) >= 11 is 0. The predicted octanol–water partition coefficient (Wildman–Crippen LogP) is 1.07. The number of rotatable bonds is 4. The average molecular weight is 374 g/mol. The van der Waals surface area contributed by atoms with Gasteiger partial charge in [-0.1, -0.05) is 25.1 Å². The largest absolute Gasteiger partial charge is 0.445 e. The Hall–Kier alpha value is -3.04. The Morgan fingerprint density at radius 1 is 1.41 bits per heavy atom. The van der Waals surface area contributed by atoms with E-state index in [0.717, 1.165) is 40.2 Å². The number of carbonyl (C=O) groups excluding carboxylic acids is 2. The first-order chi connectivity index (χ1) is 12.9. The van der Waals surface area contributed by atoms with Gasteiger partial charge in [0.05, 0.1) is 0 Å². The summed E-state index contributed by atoms with van der Waals surface area (Å²) in [6.45, 7) is 4.56. The van der Waals surface area contributed by atoms with Gasteiger partial charge < -0.3 is 4.74 Å². The fraction of sp³-hybridized carbons (Fsp3) is 0.529. The number of nitrogens with one attached hydrogen (secondary N) is 1. The third kappa shape index (κ3) is 4.04. The van der Waals surface area contributed by atoms with Gasteiger partial charge in [-0.25, -0.2) is 19.0 Å². The van der Waals surface area contributed by atoms with Gasteiger partial charge in [0.15, 0.2) is 11.3 Å². The van der Waals surface area contributed by atoms with Crippen molar-refractivity contribution in [1.82, 2.24) is 29.7 Å². The molecule has 0 spiro atoms. The second kappa shape index (κ2) is 7.68. The molecule has 1 N–H and O–H groups in total. The van der Waals surface area contributed by atoms with E-state index in [1.165, 1.54) is 7.05 Å². The Labute approximate surface area is 155 Å². The van der Waals surface area contributed by atoms with Gasteiger partial charge in [-0.3, -0.25) is 10.1 Å². The maximum Gasteiger partial charge on any atom is 0.414 e. The van der Waals surface area contributed by atoms with Gasteiger partial charge in [-0.2, -0.15) is 4.68 Å². The summed E-state index contributed by atoms with van der Waals surface area (Å²) in [5.41, 5.74) is 0.348. The number of imidazole rings is 1. The number of hydrogen-bond donors (Lipinski definition) is 1. The van der Waals surface area contributed by atoms with Gasteiger partial charge in [-0.05, 0) is 36.7 Å². The second-order valence-corrected chi connectivity index (χ2v) is 6.95. The average Bonchev–Trinajstić information content (AvgIpc) is 3.08. The standard InChI is InChI=1S/C17H22N6O4/c1-10(2)12-6-4-11(5-7-12)8-27-16(25)19-15(24)13-14-20-21-22(3)17(26)23(14)9-18-13/h4,9-10,12H,5-8H2,1-3H3,(H,19,24,25). The molecule has 0 saturated carbocycles. The van der Waals surface area contributed by atoms with E-state index in [-0.39, 0.29) is 17.9 Å². The molecule has 1 aliphatic carbocycles. The minimum Gasteiger partial charge on any atom is -0.445 e. The first-order valence-electron chi connectivity index (χ1n) is 8.80. The summed E-state index contributed by atoms with van der Waals surface area (Å²) in [4.78, 5) is 39.8. The molecule has 144 valence electrons. The summed E-state index contributed by atoms with van der Waals surface area (Å²) in [5, 5.41) is 9.46. The van der Waals surface area contributed by atoms with Gasteiger partial charge in [0.25, 0.3) is 5.91 Å². The first kappa shape index (κ1) is 18.7. The van der Waals surface area contributed by atoms with Gasteiger partial charge in [0, 0.05) is 7.05 Å². The van der Waals surface area contributed by atoms with Crippen molar-refractivity contribution >= 4 is 17.6 Å². The molecule has 0 fully saturated rings. The lowest BCUT2D eigenvalue weighted by molar-refractivity contribution is 0.0923. The fourth-order valence-electron chi connectivity index (χ4n) is 3.03. The highest BCUT2D eigenvalue weighted by molar-refractivity contribution is 6.05. The normalized spacial score (nSPS) is 17.0. The lowest BCUT2D eigenvalue weighted by Crippen LogP contribution is -2.33. The maximum absolute atomic E-state index is 12.2. The van der Waals surface area contributed by atoms with Crippen LogP contribution in [-0.4, -0.2) is 43.0 Å². The number of amides is 2. The number of aryl methyl sites for hydroxylation is 1. The van der Waals surface area contributed by atoms with Crippen molar-refractivity contribution < 1.29 is 14.3 Å². The van der Waals surface area contributed by atoms with Crippen LogP contribution >= 0.6 is 0 Å². The molecular weight excluding hydrogens is 352 g/mol. The van der Waals surface area contributed by atoms with Gasteiger partial charge in [0.1, 0.15) is 12.9 Å². The Balaban J connectivity index is 1.58. The molecule has 0 radical (unpaired) electrons. The maximum atomic E-state index is 12.2. The van der Waals surface area contributed by atoms with E-state index in [0.29, 0.717) is 11.8 Å². The molecule has 0 aliphatic heterocycles. The molecule has 2 aromatic rings. The molecule has 0 saturated heterocycles. The van der Waals surface area contributed by atoms with E-state index < -0.39 is 17.7 Å². The number of hydrogen-bond acceptors (Lipinski definition) is 7. The lowest BCUT2D eigenvalue weighted by atomic mass is 9.82. The molecule has 2 heterocycles. The Morgan fingerprint density at radius 2 is 2.19 bits per heavy atom. The second-order valence-electron chi connectivity index (χ2n) is 6.95. The van der Waals surface area contributed by atoms with Crippen LogP contribution in [0.5, 0.6) is 0 Å². The molecule has 27 heavy (non-hydrogen) atoms. The third-order valence-electron chi connectivity index (χ3n) is 4.81. The zero-order valence-electron chi connectivity index (χ0n) is 15.5. The predicted molar refractivity (Wildman–Crippen MR) is 95.1 cm³/mol. The molecule has 1 atom stereocenters. The number of ether oxygens (including phenoxy) is 1. The monoisotopic (exact) mass is 374 g/mol. The number of imide groups is 1. The van der Waals surface area contributed by atoms with Crippen molar-refractivity contribution in [2.45, 2.75) is 33.1 Å². The van der Waals surface area contributed by atoms with Crippen LogP contribution < -0.4 is 11.0 Å². The minimum atomic E-state index is -0.871. The summed E-state index contributed by atoms with van der Waals surface area (Å²) in [6.07, 6.45) is 5.33. The molecule has 0 aromatic carbocycles. The third-order valence-corrected chi connectivity index (χ3v) is 4.81. The quantitative estimate of drug-likeness (QED) is 0.795. The Kier molecular flexibility index (Phi) is 5.33. The van der Waals surface area contributed by atoms with E-state index in [9.17, 15) is 14.4 Å². The molecule has 3 rings (SSSR count). The van der Waals surface area contributed by atoms with Gasteiger partial charge in [-0.15, -0.1) is 5.10 Å². The Bertz CT molecular complexity index is 958. The molecule has 0 bridgehead atoms. The SMILES string of the molecule is CC(C)C1CC=C(COC(=O)NC(=O)c2ncn3c(=O)n(C)nnc23)CC1. The molecule has 10 heteroatoms. The zero-order chi connectivity index (χ0) is 19.6.